The number of benzene rings is 5. The van der Waals surface area contributed by atoms with Crippen LogP contribution in [0.2, 0.25) is 0 Å². The van der Waals surface area contributed by atoms with E-state index in [1.54, 1.807) is 0 Å². The molecule has 38 heavy (non-hydrogen) atoms. The monoisotopic (exact) mass is 476 g/mol. The molecule has 2 nitrogen and oxygen atoms in total. The number of nitrogens with zero attached hydrogens (tertiary/aromatic N) is 2. The smallest absolute Gasteiger partial charge is 0.674 e. The second-order valence-corrected chi connectivity index (χ2v) is 9.99. The molecule has 2 aliphatic heterocycles. The number of rotatable bonds is 2. The number of fused-ring (bicyclic) bond motifs is 6. The first-order valence-electron chi connectivity index (χ1n) is 12.6. The van der Waals surface area contributed by atoms with E-state index in [1.165, 1.54) is 54.9 Å². The van der Waals surface area contributed by atoms with E-state index in [1.807, 2.05) is 0 Å². The Bertz CT molecular complexity index is 1610. The molecule has 2 aliphatic rings. The van der Waals surface area contributed by atoms with Crippen LogP contribution in [0.25, 0.3) is 44.3 Å². The molecule has 0 radical (unpaired) electrons. The number of hydrogen-bond acceptors (Lipinski definition) is 0. The van der Waals surface area contributed by atoms with Gasteiger partial charge in [0.25, 0.3) is 0 Å². The summed E-state index contributed by atoms with van der Waals surface area (Å²) in [5, 5.41) is 15.4. The van der Waals surface area contributed by atoms with Crippen molar-refractivity contribution in [2.45, 2.75) is 25.9 Å². The molecule has 0 saturated carbocycles. The first kappa shape index (κ1) is 26.5. The molecule has 0 bridgehead atoms. The van der Waals surface area contributed by atoms with Crippen LogP contribution in [0.1, 0.15) is 45.5 Å². The zero-order chi connectivity index (χ0) is 24.2. The van der Waals surface area contributed by atoms with Gasteiger partial charge < -0.3 is 10.6 Å². The van der Waals surface area contributed by atoms with Gasteiger partial charge in [-0.1, -0.05) is 144 Å². The number of aryl methyl sites for hydroxylation is 2. The van der Waals surface area contributed by atoms with Crippen LogP contribution < -0.4 is 37.7 Å². The second-order valence-electron chi connectivity index (χ2n) is 9.99. The van der Waals surface area contributed by atoms with Crippen molar-refractivity contribution in [3.05, 3.63) is 141 Å². The SMILES string of the molecule is Cc1ccc2ccc3c(c2c1)[N-]C(c1cccc(C2C=Cc4ccc5ccc(C)cc5c4[N-]2)c1)C=C3.[Li+].[Li+]. The fourth-order valence-corrected chi connectivity index (χ4v) is 5.48. The number of hydrogen-bond donors (Lipinski definition) is 0. The largest absolute Gasteiger partial charge is 1.00 e. The summed E-state index contributed by atoms with van der Waals surface area (Å²) in [6.45, 7) is 4.28. The minimum Gasteiger partial charge on any atom is -0.674 e. The maximum Gasteiger partial charge on any atom is 1.00 e. The normalized spacial score (nSPS) is 17.0. The second kappa shape index (κ2) is 10.6. The molecule has 5 aromatic carbocycles. The zero-order valence-electron chi connectivity index (χ0n) is 22.4. The van der Waals surface area contributed by atoms with Crippen LogP contribution >= 0.6 is 0 Å². The molecule has 2 atom stereocenters. The third-order valence-electron chi connectivity index (χ3n) is 7.41. The van der Waals surface area contributed by atoms with Crippen LogP contribution in [0.4, 0.5) is 11.4 Å². The van der Waals surface area contributed by atoms with Gasteiger partial charge in [0.2, 0.25) is 0 Å². The summed E-state index contributed by atoms with van der Waals surface area (Å²) in [7, 11) is 0. The van der Waals surface area contributed by atoms with E-state index in [4.69, 9.17) is 10.6 Å². The Morgan fingerprint density at radius 1 is 0.526 bits per heavy atom. The Hall–Kier alpha value is -3.11. The van der Waals surface area contributed by atoms with Gasteiger partial charge in [-0.15, -0.1) is 11.4 Å². The Balaban J connectivity index is 0.00000147. The van der Waals surface area contributed by atoms with Crippen molar-refractivity contribution in [3.8, 4) is 0 Å². The molecule has 5 aromatic rings. The molecule has 0 fully saturated rings. The van der Waals surface area contributed by atoms with Crippen molar-refractivity contribution >= 4 is 45.1 Å². The standard InChI is InChI=1S/C34H26N2.2Li/c1-21-6-8-23-10-12-25-14-16-31(35-33(25)29(23)18-21)27-4-3-5-28(20-27)32-17-15-26-13-11-24-9-7-22(2)19-30(24)34(26)36-32;;/h3-20,31-32H,1-2H3;;/q-2;2*+1. The van der Waals surface area contributed by atoms with Crippen molar-refractivity contribution in [3.63, 3.8) is 0 Å². The molecule has 4 heteroatoms. The van der Waals surface area contributed by atoms with E-state index >= 15 is 0 Å². The molecule has 0 aliphatic carbocycles. The molecule has 0 amide bonds. The average molecular weight is 476 g/mol. The molecular formula is C34H26Li2N2. The Morgan fingerprint density at radius 2 is 0.974 bits per heavy atom. The van der Waals surface area contributed by atoms with Gasteiger partial charge >= 0.3 is 37.7 Å². The van der Waals surface area contributed by atoms with Crippen molar-refractivity contribution < 1.29 is 37.7 Å². The van der Waals surface area contributed by atoms with E-state index in [2.05, 4.69) is 123 Å². The van der Waals surface area contributed by atoms with Crippen molar-refractivity contribution in [2.24, 2.45) is 0 Å². The molecule has 0 spiro atoms. The molecule has 174 valence electrons. The van der Waals surface area contributed by atoms with Gasteiger partial charge in [-0.3, -0.25) is 0 Å². The first-order chi connectivity index (χ1) is 17.6. The van der Waals surface area contributed by atoms with E-state index in [0.717, 1.165) is 11.4 Å². The zero-order valence-corrected chi connectivity index (χ0v) is 22.4. The van der Waals surface area contributed by atoms with Crippen LogP contribution in [-0.4, -0.2) is 0 Å². The minimum atomic E-state index is -0.00750. The first-order valence-corrected chi connectivity index (χ1v) is 12.6. The van der Waals surface area contributed by atoms with Gasteiger partial charge in [0.1, 0.15) is 0 Å². The maximum atomic E-state index is 5.22. The summed E-state index contributed by atoms with van der Waals surface area (Å²) < 4.78 is 0. The molecular weight excluding hydrogens is 450 g/mol. The van der Waals surface area contributed by atoms with Gasteiger partial charge in [0, 0.05) is 0 Å². The Kier molecular flexibility index (Phi) is 7.37. The van der Waals surface area contributed by atoms with Gasteiger partial charge in [-0.2, -0.15) is 0 Å². The van der Waals surface area contributed by atoms with Crippen LogP contribution in [0.3, 0.4) is 0 Å². The van der Waals surface area contributed by atoms with Crippen molar-refractivity contribution in [1.82, 2.24) is 0 Å². The third-order valence-corrected chi connectivity index (χ3v) is 7.41. The van der Waals surface area contributed by atoms with Gasteiger partial charge in [-0.05, 0) is 46.5 Å². The molecule has 2 heterocycles. The quantitative estimate of drug-likeness (QED) is 0.343. The van der Waals surface area contributed by atoms with Gasteiger partial charge in [0.05, 0.1) is 0 Å². The third kappa shape index (κ3) is 4.64. The molecule has 0 aromatic heterocycles. The van der Waals surface area contributed by atoms with E-state index in [-0.39, 0.29) is 49.8 Å². The van der Waals surface area contributed by atoms with Crippen LogP contribution in [0.15, 0.2) is 97.1 Å². The predicted molar refractivity (Wildman–Crippen MR) is 153 cm³/mol. The minimum absolute atomic E-state index is 0. The van der Waals surface area contributed by atoms with Crippen molar-refractivity contribution in [2.75, 3.05) is 0 Å². The molecule has 2 unspecified atom stereocenters. The topological polar surface area (TPSA) is 28.2 Å². The molecule has 7 rings (SSSR count). The summed E-state index contributed by atoms with van der Waals surface area (Å²) >= 11 is 0. The van der Waals surface area contributed by atoms with E-state index in [9.17, 15) is 0 Å². The summed E-state index contributed by atoms with van der Waals surface area (Å²) in [4.78, 5) is 0. The van der Waals surface area contributed by atoms with Gasteiger partial charge in [-0.25, -0.2) is 0 Å². The molecule has 0 saturated heterocycles. The fraction of sp³-hybridized carbons (Fsp3) is 0.118. The average Bonchev–Trinajstić information content (AvgIpc) is 2.92. The predicted octanol–water partition coefficient (Wildman–Crippen LogP) is 4.16. The Labute approximate surface area is 248 Å². The van der Waals surface area contributed by atoms with Crippen LogP contribution in [0, 0.1) is 13.8 Å². The Morgan fingerprint density at radius 3 is 1.45 bits per heavy atom. The maximum absolute atomic E-state index is 5.22. The summed E-state index contributed by atoms with van der Waals surface area (Å²) in [6.07, 6.45) is 8.86. The summed E-state index contributed by atoms with van der Waals surface area (Å²) in [5.41, 5.74) is 9.46. The van der Waals surface area contributed by atoms with Crippen LogP contribution in [0.5, 0.6) is 0 Å². The summed E-state index contributed by atoms with van der Waals surface area (Å²) in [5.74, 6) is 0. The molecule has 0 N–H and O–H groups in total. The van der Waals surface area contributed by atoms with Gasteiger partial charge in [0.15, 0.2) is 0 Å². The summed E-state index contributed by atoms with van der Waals surface area (Å²) in [6, 6.07) is 30.7. The van der Waals surface area contributed by atoms with E-state index < -0.39 is 0 Å². The fourth-order valence-electron chi connectivity index (χ4n) is 5.48. The van der Waals surface area contributed by atoms with Crippen molar-refractivity contribution in [1.29, 1.82) is 0 Å². The van der Waals surface area contributed by atoms with E-state index in [0.29, 0.717) is 0 Å². The van der Waals surface area contributed by atoms with Crippen LogP contribution in [-0.2, 0) is 0 Å².